The van der Waals surface area contributed by atoms with Crippen molar-refractivity contribution < 1.29 is 14.7 Å². The number of carbonyl (C=O) groups is 2. The maximum atomic E-state index is 11.7. The van der Waals surface area contributed by atoms with E-state index in [0.29, 0.717) is 6.42 Å². The van der Waals surface area contributed by atoms with Gasteiger partial charge in [-0.05, 0) is 38.5 Å². The Bertz CT molecular complexity index is 298. The van der Waals surface area contributed by atoms with Crippen LogP contribution in [0.15, 0.2) is 0 Å². The summed E-state index contributed by atoms with van der Waals surface area (Å²) in [5.74, 6) is -0.747. The Labute approximate surface area is 102 Å². The predicted molar refractivity (Wildman–Crippen MR) is 64.8 cm³/mol. The van der Waals surface area contributed by atoms with Crippen LogP contribution in [-0.4, -0.2) is 28.7 Å². The molecule has 0 saturated heterocycles. The standard InChI is InChI=1S/C12H22N2O3/c1-8(2)7-9(10(15)16)13-11(17)14-12(3)5-4-6-12/h8-9H,4-7H2,1-3H3,(H,15,16)(H2,13,14,17)/t9-/m0/s1. The van der Waals surface area contributed by atoms with Crippen molar-refractivity contribution in [3.63, 3.8) is 0 Å². The van der Waals surface area contributed by atoms with Crippen molar-refractivity contribution in [1.29, 1.82) is 0 Å². The fourth-order valence-corrected chi connectivity index (χ4v) is 1.99. The number of hydrogen-bond acceptors (Lipinski definition) is 2. The number of amides is 2. The lowest BCUT2D eigenvalue weighted by Crippen LogP contribution is -2.56. The fourth-order valence-electron chi connectivity index (χ4n) is 1.99. The number of aliphatic carboxylic acids is 1. The first-order valence-electron chi connectivity index (χ1n) is 6.14. The molecule has 1 rings (SSSR count). The van der Waals surface area contributed by atoms with E-state index in [1.807, 2.05) is 20.8 Å². The Morgan fingerprint density at radius 1 is 1.35 bits per heavy atom. The smallest absolute Gasteiger partial charge is 0.326 e. The van der Waals surface area contributed by atoms with Crippen LogP contribution in [-0.2, 0) is 4.79 Å². The van der Waals surface area contributed by atoms with Crippen molar-refractivity contribution in [3.8, 4) is 0 Å². The van der Waals surface area contributed by atoms with Crippen LogP contribution < -0.4 is 10.6 Å². The zero-order chi connectivity index (χ0) is 13.1. The van der Waals surface area contributed by atoms with Gasteiger partial charge in [-0.1, -0.05) is 13.8 Å². The molecule has 3 N–H and O–H groups in total. The van der Waals surface area contributed by atoms with Gasteiger partial charge in [0.15, 0.2) is 0 Å². The zero-order valence-corrected chi connectivity index (χ0v) is 10.7. The van der Waals surface area contributed by atoms with Gasteiger partial charge in [0.2, 0.25) is 0 Å². The summed E-state index contributed by atoms with van der Waals surface area (Å²) < 4.78 is 0. The van der Waals surface area contributed by atoms with E-state index in [1.54, 1.807) is 0 Å². The van der Waals surface area contributed by atoms with E-state index < -0.39 is 12.0 Å². The first kappa shape index (κ1) is 13.8. The van der Waals surface area contributed by atoms with Gasteiger partial charge in [-0.15, -0.1) is 0 Å². The van der Waals surface area contributed by atoms with Crippen molar-refractivity contribution >= 4 is 12.0 Å². The largest absolute Gasteiger partial charge is 0.480 e. The molecule has 0 heterocycles. The maximum absolute atomic E-state index is 11.7. The fraction of sp³-hybridized carbons (Fsp3) is 0.833. The molecule has 5 nitrogen and oxygen atoms in total. The van der Waals surface area contributed by atoms with Crippen molar-refractivity contribution in [1.82, 2.24) is 10.6 Å². The van der Waals surface area contributed by atoms with Crippen molar-refractivity contribution in [2.24, 2.45) is 5.92 Å². The van der Waals surface area contributed by atoms with Crippen LogP contribution in [0.25, 0.3) is 0 Å². The number of urea groups is 1. The molecule has 0 aromatic heterocycles. The Morgan fingerprint density at radius 3 is 2.29 bits per heavy atom. The molecule has 1 aliphatic rings. The molecule has 0 aromatic rings. The highest BCUT2D eigenvalue weighted by Crippen LogP contribution is 2.30. The zero-order valence-electron chi connectivity index (χ0n) is 10.7. The third kappa shape index (κ3) is 4.24. The maximum Gasteiger partial charge on any atom is 0.326 e. The molecule has 0 aromatic carbocycles. The van der Waals surface area contributed by atoms with Gasteiger partial charge in [0, 0.05) is 5.54 Å². The predicted octanol–water partition coefficient (Wildman–Crippen LogP) is 1.73. The summed E-state index contributed by atoms with van der Waals surface area (Å²) in [4.78, 5) is 22.6. The van der Waals surface area contributed by atoms with E-state index in [0.717, 1.165) is 19.3 Å². The highest BCUT2D eigenvalue weighted by Gasteiger charge is 2.34. The normalized spacial score (nSPS) is 19.3. The lowest BCUT2D eigenvalue weighted by atomic mass is 9.79. The number of carboxylic acid groups (broad SMARTS) is 1. The Morgan fingerprint density at radius 2 is 1.94 bits per heavy atom. The van der Waals surface area contributed by atoms with Gasteiger partial charge >= 0.3 is 12.0 Å². The highest BCUT2D eigenvalue weighted by atomic mass is 16.4. The second-order valence-electron chi connectivity index (χ2n) is 5.53. The Balaban J connectivity index is 2.43. The van der Waals surface area contributed by atoms with Crippen LogP contribution in [0.4, 0.5) is 4.79 Å². The summed E-state index contributed by atoms with van der Waals surface area (Å²) in [5.41, 5.74) is -0.148. The summed E-state index contributed by atoms with van der Waals surface area (Å²) in [6, 6.07) is -1.18. The molecule has 17 heavy (non-hydrogen) atoms. The molecule has 1 aliphatic carbocycles. The molecule has 0 bridgehead atoms. The average Bonchev–Trinajstić information content (AvgIpc) is 2.13. The Kier molecular flexibility index (Phi) is 4.37. The van der Waals surface area contributed by atoms with Crippen LogP contribution in [0.2, 0.25) is 0 Å². The lowest BCUT2D eigenvalue weighted by molar-refractivity contribution is -0.139. The minimum atomic E-state index is -0.979. The third-order valence-corrected chi connectivity index (χ3v) is 3.18. The van der Waals surface area contributed by atoms with Gasteiger partial charge in [-0.25, -0.2) is 9.59 Å². The van der Waals surface area contributed by atoms with Crippen LogP contribution in [0.1, 0.15) is 46.5 Å². The molecule has 2 amide bonds. The number of carboxylic acids is 1. The highest BCUT2D eigenvalue weighted by molar-refractivity contribution is 5.82. The van der Waals surface area contributed by atoms with E-state index in [9.17, 15) is 9.59 Å². The number of carbonyl (C=O) groups excluding carboxylic acids is 1. The van der Waals surface area contributed by atoms with E-state index in [4.69, 9.17) is 5.11 Å². The van der Waals surface area contributed by atoms with E-state index in [-0.39, 0.29) is 17.5 Å². The van der Waals surface area contributed by atoms with Gasteiger partial charge in [-0.2, -0.15) is 0 Å². The quantitative estimate of drug-likeness (QED) is 0.687. The van der Waals surface area contributed by atoms with E-state index >= 15 is 0 Å². The molecule has 0 unspecified atom stereocenters. The summed E-state index contributed by atoms with van der Waals surface area (Å²) >= 11 is 0. The van der Waals surface area contributed by atoms with E-state index in [2.05, 4.69) is 10.6 Å². The second kappa shape index (κ2) is 5.38. The first-order valence-corrected chi connectivity index (χ1v) is 6.14. The van der Waals surface area contributed by atoms with Gasteiger partial charge in [0.05, 0.1) is 0 Å². The molecule has 1 atom stereocenters. The minimum absolute atomic E-state index is 0.148. The molecule has 1 fully saturated rings. The Hall–Kier alpha value is -1.26. The topological polar surface area (TPSA) is 78.4 Å². The summed E-state index contributed by atoms with van der Waals surface area (Å²) in [5, 5.41) is 14.4. The number of nitrogens with one attached hydrogen (secondary N) is 2. The average molecular weight is 242 g/mol. The molecule has 0 aliphatic heterocycles. The van der Waals surface area contributed by atoms with Gasteiger partial charge < -0.3 is 15.7 Å². The molecule has 5 heteroatoms. The number of rotatable bonds is 5. The molecular formula is C12H22N2O3. The first-order chi connectivity index (χ1) is 7.82. The SMILES string of the molecule is CC(C)C[C@H](NC(=O)NC1(C)CCC1)C(=O)O. The molecule has 0 spiro atoms. The van der Waals surface area contributed by atoms with Crippen LogP contribution >= 0.6 is 0 Å². The minimum Gasteiger partial charge on any atom is -0.480 e. The molecule has 98 valence electrons. The lowest BCUT2D eigenvalue weighted by Gasteiger charge is -2.39. The van der Waals surface area contributed by atoms with Gasteiger partial charge in [-0.3, -0.25) is 0 Å². The van der Waals surface area contributed by atoms with Crippen molar-refractivity contribution in [2.75, 3.05) is 0 Å². The number of hydrogen-bond donors (Lipinski definition) is 3. The summed E-state index contributed by atoms with van der Waals surface area (Å²) in [7, 11) is 0. The summed E-state index contributed by atoms with van der Waals surface area (Å²) in [6.07, 6.45) is 3.48. The van der Waals surface area contributed by atoms with E-state index in [1.165, 1.54) is 0 Å². The molecular weight excluding hydrogens is 220 g/mol. The third-order valence-electron chi connectivity index (χ3n) is 3.18. The van der Waals surface area contributed by atoms with Crippen LogP contribution in [0.3, 0.4) is 0 Å². The van der Waals surface area contributed by atoms with Crippen LogP contribution in [0, 0.1) is 5.92 Å². The van der Waals surface area contributed by atoms with Crippen molar-refractivity contribution in [3.05, 3.63) is 0 Å². The van der Waals surface area contributed by atoms with Crippen molar-refractivity contribution in [2.45, 2.75) is 58.0 Å². The molecule has 1 saturated carbocycles. The monoisotopic (exact) mass is 242 g/mol. The second-order valence-corrected chi connectivity index (χ2v) is 5.53. The summed E-state index contributed by atoms with van der Waals surface area (Å²) in [6.45, 7) is 5.85. The molecule has 0 radical (unpaired) electrons. The van der Waals surface area contributed by atoms with Gasteiger partial charge in [0.25, 0.3) is 0 Å². The van der Waals surface area contributed by atoms with Crippen LogP contribution in [0.5, 0.6) is 0 Å². The van der Waals surface area contributed by atoms with Gasteiger partial charge in [0.1, 0.15) is 6.04 Å².